The van der Waals surface area contributed by atoms with Gasteiger partial charge in [0, 0.05) is 24.9 Å². The molecule has 7 rings (SSSR count). The molecule has 5 aliphatic heterocycles. The molecule has 27 heavy (non-hydrogen) atoms. The predicted octanol–water partition coefficient (Wildman–Crippen LogP) is 2.99. The van der Waals surface area contributed by atoms with Crippen molar-refractivity contribution in [2.24, 2.45) is 11.8 Å². The average molecular weight is 368 g/mol. The highest BCUT2D eigenvalue weighted by atomic mass is 16.7. The molecule has 1 aromatic carbocycles. The molecule has 5 heterocycles. The third kappa shape index (κ3) is 2.65. The number of benzene rings is 1. The number of ether oxygens (including phenoxy) is 2. The molecule has 0 spiro atoms. The highest BCUT2D eigenvalue weighted by molar-refractivity contribution is 5.77. The Kier molecular flexibility index (Phi) is 3.68. The highest BCUT2D eigenvalue weighted by Gasteiger charge is 2.54. The van der Waals surface area contributed by atoms with Gasteiger partial charge in [-0.2, -0.15) is 0 Å². The van der Waals surface area contributed by atoms with Crippen LogP contribution in [-0.4, -0.2) is 54.2 Å². The van der Waals surface area contributed by atoms with Crippen LogP contribution in [0.4, 0.5) is 0 Å². The molecular formula is C22H28N2O3. The SMILES string of the molecule is O=C(CCC1CC1)N1C[C@@H](c2ccc3c(c2)OCO3)[C@@H]2[C@H]1C1CCN2CC1. The zero-order chi connectivity index (χ0) is 18.0. The number of rotatable bonds is 4. The zero-order valence-corrected chi connectivity index (χ0v) is 15.8. The van der Waals surface area contributed by atoms with Gasteiger partial charge in [0.15, 0.2) is 11.5 Å². The van der Waals surface area contributed by atoms with Crippen LogP contribution in [0.25, 0.3) is 0 Å². The highest BCUT2D eigenvalue weighted by Crippen LogP contribution is 2.48. The van der Waals surface area contributed by atoms with E-state index in [9.17, 15) is 4.79 Å². The van der Waals surface area contributed by atoms with E-state index in [0.29, 0.717) is 36.6 Å². The topological polar surface area (TPSA) is 42.0 Å². The van der Waals surface area contributed by atoms with E-state index in [4.69, 9.17) is 9.47 Å². The fraction of sp³-hybridized carbons (Fsp3) is 0.682. The summed E-state index contributed by atoms with van der Waals surface area (Å²) < 4.78 is 11.1. The minimum atomic E-state index is 0.315. The van der Waals surface area contributed by atoms with E-state index >= 15 is 0 Å². The largest absolute Gasteiger partial charge is 0.454 e. The number of fused-ring (bicyclic) bond motifs is 3. The number of nitrogens with zero attached hydrogens (tertiary/aromatic N) is 2. The summed E-state index contributed by atoms with van der Waals surface area (Å²) in [5.74, 6) is 3.99. The molecule has 144 valence electrons. The summed E-state index contributed by atoms with van der Waals surface area (Å²) in [5.41, 5.74) is 1.30. The molecule has 3 atom stereocenters. The monoisotopic (exact) mass is 368 g/mol. The molecule has 0 radical (unpaired) electrons. The van der Waals surface area contributed by atoms with E-state index in [0.717, 1.165) is 36.8 Å². The van der Waals surface area contributed by atoms with Crippen molar-refractivity contribution in [2.45, 2.75) is 56.5 Å². The van der Waals surface area contributed by atoms with Gasteiger partial charge in [-0.05, 0) is 61.9 Å². The zero-order valence-electron chi connectivity index (χ0n) is 15.8. The van der Waals surface area contributed by atoms with E-state index in [-0.39, 0.29) is 0 Å². The quantitative estimate of drug-likeness (QED) is 0.819. The van der Waals surface area contributed by atoms with Crippen LogP contribution < -0.4 is 9.47 Å². The Labute approximate surface area is 160 Å². The third-order valence-corrected chi connectivity index (χ3v) is 7.60. The second-order valence-electron chi connectivity index (χ2n) is 9.10. The molecule has 4 saturated heterocycles. The maximum Gasteiger partial charge on any atom is 0.231 e. The van der Waals surface area contributed by atoms with Crippen LogP contribution in [-0.2, 0) is 4.79 Å². The first-order valence-electron chi connectivity index (χ1n) is 10.7. The Morgan fingerprint density at radius 2 is 1.85 bits per heavy atom. The lowest BCUT2D eigenvalue weighted by atomic mass is 9.75. The fourth-order valence-electron chi connectivity index (χ4n) is 6.02. The summed E-state index contributed by atoms with van der Waals surface area (Å²) in [6.07, 6.45) is 7.00. The Hall–Kier alpha value is -1.75. The van der Waals surface area contributed by atoms with Gasteiger partial charge in [0.1, 0.15) is 0 Å². The van der Waals surface area contributed by atoms with E-state index in [1.54, 1.807) is 0 Å². The lowest BCUT2D eigenvalue weighted by Gasteiger charge is -2.51. The van der Waals surface area contributed by atoms with Crippen molar-refractivity contribution in [3.05, 3.63) is 23.8 Å². The van der Waals surface area contributed by atoms with Gasteiger partial charge in [0.25, 0.3) is 0 Å². The Morgan fingerprint density at radius 3 is 2.67 bits per heavy atom. The first-order chi connectivity index (χ1) is 13.3. The van der Waals surface area contributed by atoms with Gasteiger partial charge < -0.3 is 14.4 Å². The number of carbonyl (C=O) groups excluding carboxylic acids is 1. The molecule has 0 N–H and O–H groups in total. The van der Waals surface area contributed by atoms with Crippen molar-refractivity contribution in [2.75, 3.05) is 26.4 Å². The second kappa shape index (κ2) is 6.13. The minimum absolute atomic E-state index is 0.315. The number of hydrogen-bond donors (Lipinski definition) is 0. The molecule has 5 heteroatoms. The molecule has 2 bridgehead atoms. The normalized spacial score (nSPS) is 36.1. The number of likely N-dealkylation sites (tertiary alicyclic amines) is 1. The molecule has 5 fully saturated rings. The van der Waals surface area contributed by atoms with Gasteiger partial charge in [0.2, 0.25) is 12.7 Å². The van der Waals surface area contributed by atoms with Crippen LogP contribution >= 0.6 is 0 Å². The molecule has 1 aromatic rings. The van der Waals surface area contributed by atoms with Gasteiger partial charge in [-0.15, -0.1) is 0 Å². The second-order valence-corrected chi connectivity index (χ2v) is 9.10. The Morgan fingerprint density at radius 1 is 1.04 bits per heavy atom. The van der Waals surface area contributed by atoms with Crippen molar-refractivity contribution in [1.82, 2.24) is 9.80 Å². The molecule has 0 unspecified atom stereocenters. The van der Waals surface area contributed by atoms with Gasteiger partial charge in [-0.25, -0.2) is 0 Å². The van der Waals surface area contributed by atoms with Crippen molar-refractivity contribution in [3.8, 4) is 11.5 Å². The summed E-state index contributed by atoms with van der Waals surface area (Å²) in [5, 5.41) is 0. The van der Waals surface area contributed by atoms with Gasteiger partial charge in [-0.3, -0.25) is 9.69 Å². The van der Waals surface area contributed by atoms with E-state index in [1.807, 2.05) is 6.07 Å². The van der Waals surface area contributed by atoms with Crippen molar-refractivity contribution < 1.29 is 14.3 Å². The molecule has 1 saturated carbocycles. The van der Waals surface area contributed by atoms with Crippen LogP contribution in [0.2, 0.25) is 0 Å². The smallest absolute Gasteiger partial charge is 0.231 e. The molecule has 1 amide bonds. The predicted molar refractivity (Wildman–Crippen MR) is 101 cm³/mol. The first kappa shape index (κ1) is 16.2. The summed E-state index contributed by atoms with van der Waals surface area (Å²) in [4.78, 5) is 18.1. The standard InChI is InChI=1S/C22H28N2O3/c25-20(6-3-14-1-2-14)24-12-17(16-4-5-18-19(11-16)27-13-26-18)22-21(24)15-7-9-23(22)10-8-15/h4-5,11,14-15,17,21-22H,1-3,6-10,12-13H2/t17-,21+,22+/m0/s1. The maximum atomic E-state index is 13.1. The van der Waals surface area contributed by atoms with Crippen LogP contribution in [0, 0.1) is 11.8 Å². The van der Waals surface area contributed by atoms with Gasteiger partial charge in [-0.1, -0.05) is 18.9 Å². The van der Waals surface area contributed by atoms with Gasteiger partial charge >= 0.3 is 0 Å². The number of carbonyl (C=O) groups is 1. The molecular weight excluding hydrogens is 340 g/mol. The van der Waals surface area contributed by atoms with Crippen LogP contribution in [0.5, 0.6) is 11.5 Å². The minimum Gasteiger partial charge on any atom is -0.454 e. The average Bonchev–Trinajstić information content (AvgIpc) is 3.25. The van der Waals surface area contributed by atoms with E-state index in [1.165, 1.54) is 44.3 Å². The number of amides is 1. The van der Waals surface area contributed by atoms with Crippen molar-refractivity contribution in [3.63, 3.8) is 0 Å². The Bertz CT molecular complexity index is 754. The lowest BCUT2D eigenvalue weighted by molar-refractivity contribution is -0.136. The Balaban J connectivity index is 1.30. The van der Waals surface area contributed by atoms with Crippen molar-refractivity contribution >= 4 is 5.91 Å². The van der Waals surface area contributed by atoms with Crippen LogP contribution in [0.15, 0.2) is 18.2 Å². The summed E-state index contributed by atoms with van der Waals surface area (Å²) >= 11 is 0. The number of piperidine rings is 3. The van der Waals surface area contributed by atoms with Crippen LogP contribution in [0.1, 0.15) is 50.0 Å². The lowest BCUT2D eigenvalue weighted by Crippen LogP contribution is -2.60. The third-order valence-electron chi connectivity index (χ3n) is 7.60. The molecule has 6 aliphatic rings. The summed E-state index contributed by atoms with van der Waals surface area (Å²) in [6.45, 7) is 3.56. The summed E-state index contributed by atoms with van der Waals surface area (Å²) in [6, 6.07) is 7.28. The van der Waals surface area contributed by atoms with Crippen LogP contribution in [0.3, 0.4) is 0 Å². The van der Waals surface area contributed by atoms with E-state index < -0.39 is 0 Å². The van der Waals surface area contributed by atoms with Gasteiger partial charge in [0.05, 0.1) is 6.04 Å². The number of hydrogen-bond acceptors (Lipinski definition) is 4. The first-order valence-corrected chi connectivity index (χ1v) is 10.7. The maximum absolute atomic E-state index is 13.1. The summed E-state index contributed by atoms with van der Waals surface area (Å²) in [7, 11) is 0. The molecule has 0 aromatic heterocycles. The fourth-order valence-corrected chi connectivity index (χ4v) is 6.02. The van der Waals surface area contributed by atoms with Crippen molar-refractivity contribution in [1.29, 1.82) is 0 Å². The van der Waals surface area contributed by atoms with E-state index in [2.05, 4.69) is 21.9 Å². The molecule has 5 nitrogen and oxygen atoms in total. The molecule has 1 aliphatic carbocycles.